The third kappa shape index (κ3) is 5.58. The number of rotatable bonds is 7. The van der Waals surface area contributed by atoms with Crippen molar-refractivity contribution in [3.8, 4) is 17.0 Å². The standard InChI is InChI=1S/C28H28N4O2/c33-28(30-23-14-16-32(17-15-23)19-21-6-2-1-3-7-21)20-34-24-12-10-22(11-13-24)27-18-29-25-8-4-5-9-26(25)31-27/h1-13,18,23H,14-17,19-20H2,(H,30,33). The summed E-state index contributed by atoms with van der Waals surface area (Å²) in [5, 5.41) is 3.12. The summed E-state index contributed by atoms with van der Waals surface area (Å²) in [7, 11) is 0. The summed E-state index contributed by atoms with van der Waals surface area (Å²) in [6.07, 6.45) is 3.69. The molecule has 34 heavy (non-hydrogen) atoms. The van der Waals surface area contributed by atoms with E-state index in [2.05, 4.69) is 44.5 Å². The van der Waals surface area contributed by atoms with Gasteiger partial charge in [0.1, 0.15) is 5.75 Å². The lowest BCUT2D eigenvalue weighted by Crippen LogP contribution is -2.45. The number of fused-ring (bicyclic) bond motifs is 1. The van der Waals surface area contributed by atoms with E-state index in [1.54, 1.807) is 6.20 Å². The molecular weight excluding hydrogens is 424 g/mol. The minimum absolute atomic E-state index is 0.0133. The Morgan fingerprint density at radius 2 is 1.62 bits per heavy atom. The molecule has 1 fully saturated rings. The lowest BCUT2D eigenvalue weighted by Gasteiger charge is -2.32. The van der Waals surface area contributed by atoms with E-state index < -0.39 is 0 Å². The highest BCUT2D eigenvalue weighted by atomic mass is 16.5. The summed E-state index contributed by atoms with van der Waals surface area (Å²) in [6.45, 7) is 2.95. The van der Waals surface area contributed by atoms with Gasteiger partial charge in [0.25, 0.3) is 5.91 Å². The molecule has 0 saturated carbocycles. The number of para-hydroxylation sites is 2. The minimum atomic E-state index is -0.0778. The van der Waals surface area contributed by atoms with Crippen LogP contribution in [0.2, 0.25) is 0 Å². The minimum Gasteiger partial charge on any atom is -0.484 e. The molecule has 6 nitrogen and oxygen atoms in total. The zero-order chi connectivity index (χ0) is 23.2. The number of ether oxygens (including phenoxy) is 1. The molecule has 1 saturated heterocycles. The topological polar surface area (TPSA) is 67.3 Å². The molecule has 1 aromatic heterocycles. The molecule has 4 aromatic rings. The van der Waals surface area contributed by atoms with Crippen LogP contribution in [-0.4, -0.2) is 46.5 Å². The van der Waals surface area contributed by atoms with Gasteiger partial charge in [-0.05, 0) is 54.8 Å². The fourth-order valence-electron chi connectivity index (χ4n) is 4.31. The Bertz CT molecular complexity index is 1240. The summed E-state index contributed by atoms with van der Waals surface area (Å²) in [6, 6.07) is 26.1. The summed E-state index contributed by atoms with van der Waals surface area (Å²) in [5.41, 5.74) is 4.83. The molecule has 1 amide bonds. The van der Waals surface area contributed by atoms with Crippen LogP contribution in [-0.2, 0) is 11.3 Å². The Balaban J connectivity index is 1.08. The van der Waals surface area contributed by atoms with Crippen LogP contribution in [0.25, 0.3) is 22.3 Å². The molecule has 0 radical (unpaired) electrons. The Labute approximate surface area is 199 Å². The monoisotopic (exact) mass is 452 g/mol. The quantitative estimate of drug-likeness (QED) is 0.449. The molecule has 3 aromatic carbocycles. The number of hydrogen-bond donors (Lipinski definition) is 1. The van der Waals surface area contributed by atoms with Crippen molar-refractivity contribution < 1.29 is 9.53 Å². The number of aromatic nitrogens is 2. The maximum atomic E-state index is 12.4. The number of nitrogens with one attached hydrogen (secondary N) is 1. The van der Waals surface area contributed by atoms with Crippen molar-refractivity contribution >= 4 is 16.9 Å². The van der Waals surface area contributed by atoms with Crippen molar-refractivity contribution in [3.05, 3.63) is 90.6 Å². The van der Waals surface area contributed by atoms with Crippen molar-refractivity contribution in [1.82, 2.24) is 20.2 Å². The fraction of sp³-hybridized carbons (Fsp3) is 0.250. The molecule has 5 rings (SSSR count). The van der Waals surface area contributed by atoms with Gasteiger partial charge in [-0.2, -0.15) is 0 Å². The van der Waals surface area contributed by atoms with Gasteiger partial charge in [-0.1, -0.05) is 42.5 Å². The zero-order valence-corrected chi connectivity index (χ0v) is 19.1. The van der Waals surface area contributed by atoms with E-state index in [9.17, 15) is 4.79 Å². The van der Waals surface area contributed by atoms with Crippen LogP contribution in [0.3, 0.4) is 0 Å². The van der Waals surface area contributed by atoms with E-state index >= 15 is 0 Å². The number of nitrogens with zero attached hydrogens (tertiary/aromatic N) is 3. The number of piperidine rings is 1. The predicted molar refractivity (Wildman–Crippen MR) is 133 cm³/mol. The number of carbonyl (C=O) groups excluding carboxylic acids is 1. The SMILES string of the molecule is O=C(COc1ccc(-c2cnc3ccccc3n2)cc1)NC1CCN(Cc2ccccc2)CC1. The molecule has 2 heterocycles. The smallest absolute Gasteiger partial charge is 0.258 e. The number of benzene rings is 3. The van der Waals surface area contributed by atoms with E-state index in [-0.39, 0.29) is 18.6 Å². The van der Waals surface area contributed by atoms with Crippen LogP contribution in [0.1, 0.15) is 18.4 Å². The fourth-order valence-corrected chi connectivity index (χ4v) is 4.31. The Morgan fingerprint density at radius 1 is 0.912 bits per heavy atom. The van der Waals surface area contributed by atoms with Gasteiger partial charge < -0.3 is 10.1 Å². The van der Waals surface area contributed by atoms with Gasteiger partial charge in [0, 0.05) is 31.2 Å². The average Bonchev–Trinajstić information content (AvgIpc) is 2.89. The molecule has 6 heteroatoms. The van der Waals surface area contributed by atoms with E-state index in [0.29, 0.717) is 5.75 Å². The number of hydrogen-bond acceptors (Lipinski definition) is 5. The predicted octanol–water partition coefficient (Wildman–Crippen LogP) is 4.46. The van der Waals surface area contributed by atoms with Gasteiger partial charge in [0.15, 0.2) is 6.61 Å². The molecule has 172 valence electrons. The largest absolute Gasteiger partial charge is 0.484 e. The number of carbonyl (C=O) groups is 1. The molecule has 1 N–H and O–H groups in total. The van der Waals surface area contributed by atoms with Crippen LogP contribution in [0, 0.1) is 0 Å². The second-order valence-electron chi connectivity index (χ2n) is 8.66. The third-order valence-corrected chi connectivity index (χ3v) is 6.17. The van der Waals surface area contributed by atoms with Crippen molar-refractivity contribution in [2.45, 2.75) is 25.4 Å². The van der Waals surface area contributed by atoms with Crippen LogP contribution in [0.5, 0.6) is 5.75 Å². The van der Waals surface area contributed by atoms with Crippen LogP contribution >= 0.6 is 0 Å². The lowest BCUT2D eigenvalue weighted by molar-refractivity contribution is -0.124. The molecule has 1 aliphatic heterocycles. The highest BCUT2D eigenvalue weighted by Gasteiger charge is 2.20. The van der Waals surface area contributed by atoms with Crippen LogP contribution < -0.4 is 10.1 Å². The highest BCUT2D eigenvalue weighted by molar-refractivity contribution is 5.78. The molecule has 1 aliphatic rings. The van der Waals surface area contributed by atoms with E-state index in [4.69, 9.17) is 4.74 Å². The molecular formula is C28H28N4O2. The van der Waals surface area contributed by atoms with Gasteiger partial charge in [-0.15, -0.1) is 0 Å². The van der Waals surface area contributed by atoms with E-state index in [1.165, 1.54) is 5.56 Å². The van der Waals surface area contributed by atoms with Crippen molar-refractivity contribution in [2.24, 2.45) is 0 Å². The van der Waals surface area contributed by atoms with Gasteiger partial charge in [-0.25, -0.2) is 4.98 Å². The molecule has 0 spiro atoms. The molecule has 0 aliphatic carbocycles. The van der Waals surface area contributed by atoms with E-state index in [0.717, 1.165) is 54.8 Å². The second-order valence-corrected chi connectivity index (χ2v) is 8.66. The van der Waals surface area contributed by atoms with Crippen molar-refractivity contribution in [2.75, 3.05) is 19.7 Å². The number of amides is 1. The normalized spacial score (nSPS) is 14.7. The van der Waals surface area contributed by atoms with Gasteiger partial charge in [0.05, 0.1) is 22.9 Å². The first-order valence-electron chi connectivity index (χ1n) is 11.7. The maximum Gasteiger partial charge on any atom is 0.258 e. The maximum absolute atomic E-state index is 12.4. The van der Waals surface area contributed by atoms with Gasteiger partial charge in [-0.3, -0.25) is 14.7 Å². The highest BCUT2D eigenvalue weighted by Crippen LogP contribution is 2.22. The number of likely N-dealkylation sites (tertiary alicyclic amines) is 1. The Kier molecular flexibility index (Phi) is 6.77. The molecule has 0 atom stereocenters. The summed E-state index contributed by atoms with van der Waals surface area (Å²) >= 11 is 0. The summed E-state index contributed by atoms with van der Waals surface area (Å²) in [5.74, 6) is 0.580. The van der Waals surface area contributed by atoms with Crippen molar-refractivity contribution in [3.63, 3.8) is 0 Å². The zero-order valence-electron chi connectivity index (χ0n) is 19.1. The Morgan fingerprint density at radius 3 is 2.38 bits per heavy atom. The van der Waals surface area contributed by atoms with Crippen LogP contribution in [0.15, 0.2) is 85.1 Å². The van der Waals surface area contributed by atoms with Gasteiger partial charge in [0.2, 0.25) is 0 Å². The Hall–Kier alpha value is -3.77. The lowest BCUT2D eigenvalue weighted by atomic mass is 10.0. The summed E-state index contributed by atoms with van der Waals surface area (Å²) in [4.78, 5) is 24.0. The van der Waals surface area contributed by atoms with Crippen molar-refractivity contribution in [1.29, 1.82) is 0 Å². The molecule has 0 unspecified atom stereocenters. The molecule has 0 bridgehead atoms. The third-order valence-electron chi connectivity index (χ3n) is 6.17. The second kappa shape index (κ2) is 10.4. The van der Waals surface area contributed by atoms with E-state index in [1.807, 2.05) is 54.6 Å². The van der Waals surface area contributed by atoms with Gasteiger partial charge >= 0.3 is 0 Å². The van der Waals surface area contributed by atoms with Crippen LogP contribution in [0.4, 0.5) is 0 Å². The first kappa shape index (κ1) is 22.0. The summed E-state index contributed by atoms with van der Waals surface area (Å²) < 4.78 is 5.71. The average molecular weight is 453 g/mol. The first-order valence-corrected chi connectivity index (χ1v) is 11.7. The first-order chi connectivity index (χ1) is 16.7.